The van der Waals surface area contributed by atoms with Gasteiger partial charge >= 0.3 is 5.63 Å². The molecule has 5 heteroatoms. The van der Waals surface area contributed by atoms with Gasteiger partial charge in [-0.25, -0.2) is 13.2 Å². The summed E-state index contributed by atoms with van der Waals surface area (Å²) in [6.45, 7) is 1.86. The van der Waals surface area contributed by atoms with E-state index in [4.69, 9.17) is 4.42 Å². The van der Waals surface area contributed by atoms with Gasteiger partial charge in [0.2, 0.25) is 0 Å². The van der Waals surface area contributed by atoms with Gasteiger partial charge in [-0.2, -0.15) is 0 Å². The maximum atomic E-state index is 11.4. The third-order valence-corrected chi connectivity index (χ3v) is 3.34. The SMILES string of the molecule is Cc1ccc2cc(S(C)(=O)=O)c(=O)oc2c1. The van der Waals surface area contributed by atoms with Crippen LogP contribution in [0.25, 0.3) is 11.0 Å². The van der Waals surface area contributed by atoms with Crippen molar-refractivity contribution in [2.24, 2.45) is 0 Å². The lowest BCUT2D eigenvalue weighted by Gasteiger charge is -2.00. The Morgan fingerprint density at radius 3 is 2.50 bits per heavy atom. The lowest BCUT2D eigenvalue weighted by molar-refractivity contribution is 0.533. The van der Waals surface area contributed by atoms with E-state index in [2.05, 4.69) is 0 Å². The Kier molecular flexibility index (Phi) is 2.35. The zero-order chi connectivity index (χ0) is 11.9. The molecule has 0 aliphatic rings. The molecule has 84 valence electrons. The lowest BCUT2D eigenvalue weighted by Crippen LogP contribution is -2.12. The van der Waals surface area contributed by atoms with Gasteiger partial charge in [0.15, 0.2) is 14.7 Å². The molecule has 0 spiro atoms. The standard InChI is InChI=1S/C11H10O4S/c1-7-3-4-8-6-10(16(2,13)14)11(12)15-9(8)5-7/h3-6H,1-2H3. The maximum Gasteiger partial charge on any atom is 0.355 e. The molecular weight excluding hydrogens is 228 g/mol. The minimum atomic E-state index is -3.54. The molecule has 0 unspecified atom stereocenters. The fraction of sp³-hybridized carbons (Fsp3) is 0.182. The highest BCUT2D eigenvalue weighted by molar-refractivity contribution is 7.90. The van der Waals surface area contributed by atoms with E-state index in [1.54, 1.807) is 12.1 Å². The quantitative estimate of drug-likeness (QED) is 0.706. The van der Waals surface area contributed by atoms with Crippen molar-refractivity contribution in [3.05, 3.63) is 40.2 Å². The normalized spacial score (nSPS) is 11.9. The predicted molar refractivity (Wildman–Crippen MR) is 60.3 cm³/mol. The van der Waals surface area contributed by atoms with Crippen molar-refractivity contribution < 1.29 is 12.8 Å². The highest BCUT2D eigenvalue weighted by atomic mass is 32.2. The molecule has 1 aromatic carbocycles. The summed E-state index contributed by atoms with van der Waals surface area (Å²) in [7, 11) is -3.54. The first-order chi connectivity index (χ1) is 7.38. The molecule has 0 fully saturated rings. The van der Waals surface area contributed by atoms with Gasteiger partial charge in [0, 0.05) is 11.6 Å². The number of rotatable bonds is 1. The molecule has 0 saturated carbocycles. The second kappa shape index (κ2) is 3.45. The summed E-state index contributed by atoms with van der Waals surface area (Å²) in [4.78, 5) is 11.1. The lowest BCUT2D eigenvalue weighted by atomic mass is 10.2. The van der Waals surface area contributed by atoms with Gasteiger partial charge in [0.1, 0.15) is 5.58 Å². The fourth-order valence-electron chi connectivity index (χ4n) is 1.46. The summed E-state index contributed by atoms with van der Waals surface area (Å²) in [5, 5.41) is 0.602. The Hall–Kier alpha value is -1.62. The minimum absolute atomic E-state index is 0.302. The van der Waals surface area contributed by atoms with Crippen LogP contribution in [0.3, 0.4) is 0 Å². The van der Waals surface area contributed by atoms with E-state index in [0.29, 0.717) is 11.0 Å². The Balaban J connectivity index is 2.88. The van der Waals surface area contributed by atoms with Gasteiger partial charge < -0.3 is 4.42 Å². The summed E-state index contributed by atoms with van der Waals surface area (Å²) < 4.78 is 27.6. The molecule has 0 atom stereocenters. The summed E-state index contributed by atoms with van der Waals surface area (Å²) >= 11 is 0. The number of aryl methyl sites for hydroxylation is 1. The minimum Gasteiger partial charge on any atom is -0.422 e. The number of hydrogen-bond acceptors (Lipinski definition) is 4. The van der Waals surface area contributed by atoms with Crippen LogP contribution in [0.4, 0.5) is 0 Å². The van der Waals surface area contributed by atoms with Crippen LogP contribution in [0.2, 0.25) is 0 Å². The van der Waals surface area contributed by atoms with E-state index in [-0.39, 0.29) is 4.90 Å². The van der Waals surface area contributed by atoms with Gasteiger partial charge in [0.25, 0.3) is 0 Å². The van der Waals surface area contributed by atoms with Gasteiger partial charge in [-0.05, 0) is 24.6 Å². The molecule has 2 rings (SSSR count). The van der Waals surface area contributed by atoms with E-state index in [9.17, 15) is 13.2 Å². The number of benzene rings is 1. The van der Waals surface area contributed by atoms with E-state index in [1.807, 2.05) is 13.0 Å². The molecule has 0 aliphatic carbocycles. The largest absolute Gasteiger partial charge is 0.422 e. The van der Waals surface area contributed by atoms with Crippen molar-refractivity contribution >= 4 is 20.8 Å². The molecule has 0 N–H and O–H groups in total. The molecule has 0 aliphatic heterocycles. The smallest absolute Gasteiger partial charge is 0.355 e. The van der Waals surface area contributed by atoms with Crippen molar-refractivity contribution in [3.63, 3.8) is 0 Å². The van der Waals surface area contributed by atoms with Gasteiger partial charge in [-0.15, -0.1) is 0 Å². The van der Waals surface area contributed by atoms with Crippen LogP contribution in [-0.2, 0) is 9.84 Å². The van der Waals surface area contributed by atoms with Crippen LogP contribution in [0.5, 0.6) is 0 Å². The molecule has 2 aromatic rings. The summed E-state index contributed by atoms with van der Waals surface area (Å²) in [5.74, 6) is 0. The maximum absolute atomic E-state index is 11.4. The third-order valence-electron chi connectivity index (χ3n) is 2.26. The molecule has 0 saturated heterocycles. The monoisotopic (exact) mass is 238 g/mol. The summed E-state index contributed by atoms with van der Waals surface area (Å²) in [5.41, 5.74) is 0.528. The summed E-state index contributed by atoms with van der Waals surface area (Å²) in [6, 6.07) is 6.59. The van der Waals surface area contributed by atoms with Crippen LogP contribution in [-0.4, -0.2) is 14.7 Å². The first kappa shape index (κ1) is 10.9. The molecule has 1 aromatic heterocycles. The first-order valence-electron chi connectivity index (χ1n) is 4.62. The second-order valence-corrected chi connectivity index (χ2v) is 5.70. The molecular formula is C11H10O4S. The average Bonchev–Trinajstić information content (AvgIpc) is 2.14. The van der Waals surface area contributed by atoms with Crippen molar-refractivity contribution in [1.82, 2.24) is 0 Å². The van der Waals surface area contributed by atoms with Crippen LogP contribution in [0.15, 0.2) is 38.4 Å². The Labute approximate surface area is 92.4 Å². The Morgan fingerprint density at radius 1 is 1.19 bits per heavy atom. The zero-order valence-corrected chi connectivity index (χ0v) is 9.67. The topological polar surface area (TPSA) is 64.3 Å². The van der Waals surface area contributed by atoms with Crippen molar-refractivity contribution in [2.45, 2.75) is 11.8 Å². The molecule has 1 heterocycles. The molecule has 0 radical (unpaired) electrons. The highest BCUT2D eigenvalue weighted by Crippen LogP contribution is 2.17. The van der Waals surface area contributed by atoms with Gasteiger partial charge in [-0.1, -0.05) is 12.1 Å². The van der Waals surface area contributed by atoms with E-state index >= 15 is 0 Å². The third kappa shape index (κ3) is 1.86. The molecule has 4 nitrogen and oxygen atoms in total. The molecule has 0 amide bonds. The average molecular weight is 238 g/mol. The number of sulfone groups is 1. The second-order valence-electron chi connectivity index (χ2n) is 3.71. The highest BCUT2D eigenvalue weighted by Gasteiger charge is 2.15. The van der Waals surface area contributed by atoms with Crippen molar-refractivity contribution in [2.75, 3.05) is 6.26 Å². The van der Waals surface area contributed by atoms with E-state index < -0.39 is 15.5 Å². The van der Waals surface area contributed by atoms with Crippen LogP contribution in [0, 0.1) is 6.92 Å². The van der Waals surface area contributed by atoms with Crippen LogP contribution >= 0.6 is 0 Å². The molecule has 0 bridgehead atoms. The van der Waals surface area contributed by atoms with Crippen LogP contribution in [0.1, 0.15) is 5.56 Å². The zero-order valence-electron chi connectivity index (χ0n) is 8.85. The Bertz CT molecular complexity index is 710. The van der Waals surface area contributed by atoms with E-state index in [1.165, 1.54) is 6.07 Å². The Morgan fingerprint density at radius 2 is 1.88 bits per heavy atom. The predicted octanol–water partition coefficient (Wildman–Crippen LogP) is 1.50. The number of fused-ring (bicyclic) bond motifs is 1. The van der Waals surface area contributed by atoms with Crippen molar-refractivity contribution in [1.29, 1.82) is 0 Å². The first-order valence-corrected chi connectivity index (χ1v) is 6.51. The van der Waals surface area contributed by atoms with Crippen LogP contribution < -0.4 is 5.63 Å². The van der Waals surface area contributed by atoms with Gasteiger partial charge in [-0.3, -0.25) is 0 Å². The summed E-state index contributed by atoms with van der Waals surface area (Å²) in [6.07, 6.45) is 0.985. The molecule has 16 heavy (non-hydrogen) atoms. The van der Waals surface area contributed by atoms with E-state index in [0.717, 1.165) is 11.8 Å². The number of hydrogen-bond donors (Lipinski definition) is 0. The van der Waals surface area contributed by atoms with Crippen molar-refractivity contribution in [3.8, 4) is 0 Å². The van der Waals surface area contributed by atoms with Gasteiger partial charge in [0.05, 0.1) is 0 Å². The fourth-order valence-corrected chi connectivity index (χ4v) is 2.14.